The molecule has 0 aromatic carbocycles. The second-order valence-electron chi connectivity index (χ2n) is 2.60. The Morgan fingerprint density at radius 3 is 3.00 bits per heavy atom. The number of hydrogen-bond acceptors (Lipinski definition) is 2. The van der Waals surface area contributed by atoms with Crippen molar-refractivity contribution in [1.82, 2.24) is 4.98 Å². The molecule has 13 heavy (non-hydrogen) atoms. The Labute approximate surface area is 86.9 Å². The van der Waals surface area contributed by atoms with Crippen molar-refractivity contribution in [2.45, 2.75) is 0 Å². The predicted molar refractivity (Wildman–Crippen MR) is 56.2 cm³/mol. The summed E-state index contributed by atoms with van der Waals surface area (Å²) in [7, 11) is 0. The van der Waals surface area contributed by atoms with Gasteiger partial charge in [0.15, 0.2) is 12.4 Å². The molecule has 0 radical (unpaired) electrons. The van der Waals surface area contributed by atoms with E-state index < -0.39 is 0 Å². The molecular formula is C8H5IN2O2. The highest BCUT2D eigenvalue weighted by Crippen LogP contribution is 2.13. The van der Waals surface area contributed by atoms with Crippen LogP contribution in [-0.2, 0) is 0 Å². The lowest BCUT2D eigenvalue weighted by Crippen LogP contribution is -2.25. The maximum absolute atomic E-state index is 11.3. The van der Waals surface area contributed by atoms with Crippen molar-refractivity contribution in [3.8, 4) is 0 Å². The van der Waals surface area contributed by atoms with Gasteiger partial charge >= 0.3 is 0 Å². The molecule has 0 amide bonds. The van der Waals surface area contributed by atoms with Gasteiger partial charge in [-0.2, -0.15) is 4.73 Å². The molecule has 0 fully saturated rings. The van der Waals surface area contributed by atoms with Crippen LogP contribution in [0, 0.1) is 8.78 Å². The summed E-state index contributed by atoms with van der Waals surface area (Å²) in [5.74, 6) is 0. The summed E-state index contributed by atoms with van der Waals surface area (Å²) < 4.78 is 1.54. The monoisotopic (exact) mass is 288 g/mol. The number of nitrogens with one attached hydrogen (secondary N) is 1. The van der Waals surface area contributed by atoms with Gasteiger partial charge in [-0.3, -0.25) is 4.79 Å². The van der Waals surface area contributed by atoms with Gasteiger partial charge in [0.05, 0.1) is 0 Å². The summed E-state index contributed by atoms with van der Waals surface area (Å²) in [5.41, 5.74) is -0.236. The average molecular weight is 288 g/mol. The molecule has 1 N–H and O–H groups in total. The SMILES string of the molecule is O=c1[nH]cc(I)c2cc[n+]([O-])cc12. The van der Waals surface area contributed by atoms with E-state index in [9.17, 15) is 10.0 Å². The summed E-state index contributed by atoms with van der Waals surface area (Å²) in [6, 6.07) is 1.64. The predicted octanol–water partition coefficient (Wildman–Crippen LogP) is 0.766. The van der Waals surface area contributed by atoms with Gasteiger partial charge in [0.1, 0.15) is 5.39 Å². The zero-order valence-corrected chi connectivity index (χ0v) is 8.61. The molecule has 2 heterocycles. The molecule has 2 rings (SSSR count). The van der Waals surface area contributed by atoms with Crippen molar-refractivity contribution in [1.29, 1.82) is 0 Å². The van der Waals surface area contributed by atoms with Crippen LogP contribution < -0.4 is 10.3 Å². The van der Waals surface area contributed by atoms with Gasteiger partial charge in [-0.15, -0.1) is 0 Å². The fourth-order valence-corrected chi connectivity index (χ4v) is 1.78. The van der Waals surface area contributed by atoms with E-state index in [2.05, 4.69) is 27.6 Å². The third kappa shape index (κ3) is 1.39. The zero-order valence-electron chi connectivity index (χ0n) is 6.45. The van der Waals surface area contributed by atoms with E-state index in [0.29, 0.717) is 10.1 Å². The van der Waals surface area contributed by atoms with Gasteiger partial charge in [-0.1, -0.05) is 0 Å². The molecule has 0 saturated carbocycles. The van der Waals surface area contributed by atoms with Crippen molar-refractivity contribution in [2.75, 3.05) is 0 Å². The minimum absolute atomic E-state index is 0.236. The second kappa shape index (κ2) is 2.99. The molecule has 0 aliphatic carbocycles. The molecule has 66 valence electrons. The lowest BCUT2D eigenvalue weighted by atomic mass is 10.2. The number of halogens is 1. The van der Waals surface area contributed by atoms with E-state index in [4.69, 9.17) is 0 Å². The number of hydrogen-bond donors (Lipinski definition) is 1. The van der Waals surface area contributed by atoms with Crippen LogP contribution in [0.5, 0.6) is 0 Å². The quantitative estimate of drug-likeness (QED) is 0.442. The number of pyridine rings is 2. The first-order valence-corrected chi connectivity index (χ1v) is 4.66. The van der Waals surface area contributed by atoms with Crippen LogP contribution in [-0.4, -0.2) is 4.98 Å². The number of fused-ring (bicyclic) bond motifs is 1. The fourth-order valence-electron chi connectivity index (χ4n) is 1.15. The van der Waals surface area contributed by atoms with Crippen LogP contribution in [0.15, 0.2) is 29.5 Å². The second-order valence-corrected chi connectivity index (χ2v) is 3.76. The largest absolute Gasteiger partial charge is 0.619 e. The maximum atomic E-state index is 11.3. The van der Waals surface area contributed by atoms with Crippen molar-refractivity contribution in [2.24, 2.45) is 0 Å². The molecule has 5 heteroatoms. The minimum Gasteiger partial charge on any atom is -0.619 e. The smallest absolute Gasteiger partial charge is 0.262 e. The lowest BCUT2D eigenvalue weighted by molar-refractivity contribution is -0.603. The van der Waals surface area contributed by atoms with Gasteiger partial charge in [-0.25, -0.2) is 0 Å². The Bertz CT molecular complexity index is 521. The molecule has 2 aromatic heterocycles. The highest BCUT2D eigenvalue weighted by molar-refractivity contribution is 14.1. The van der Waals surface area contributed by atoms with E-state index in [0.717, 1.165) is 8.96 Å². The van der Waals surface area contributed by atoms with Gasteiger partial charge in [0, 0.05) is 21.2 Å². The van der Waals surface area contributed by atoms with E-state index in [-0.39, 0.29) is 5.56 Å². The van der Waals surface area contributed by atoms with Crippen LogP contribution in [0.2, 0.25) is 0 Å². The summed E-state index contributed by atoms with van der Waals surface area (Å²) in [6.45, 7) is 0. The number of aromatic amines is 1. The number of H-pyrrole nitrogens is 1. The van der Waals surface area contributed by atoms with Crippen molar-refractivity contribution >= 4 is 33.4 Å². The zero-order chi connectivity index (χ0) is 9.42. The standard InChI is InChI=1S/C8H5IN2O2/c9-7-3-10-8(12)6-4-11(13)2-1-5(6)7/h1-4H,(H,10,12). The molecule has 0 aliphatic rings. The fraction of sp³-hybridized carbons (Fsp3) is 0. The maximum Gasteiger partial charge on any atom is 0.262 e. The topological polar surface area (TPSA) is 59.8 Å². The first-order valence-electron chi connectivity index (χ1n) is 3.58. The molecule has 4 nitrogen and oxygen atoms in total. The van der Waals surface area contributed by atoms with E-state index in [1.807, 2.05) is 0 Å². The highest BCUT2D eigenvalue weighted by Gasteiger charge is 2.04. The van der Waals surface area contributed by atoms with Crippen LogP contribution >= 0.6 is 22.6 Å². The minimum atomic E-state index is -0.236. The Balaban J connectivity index is 3.01. The van der Waals surface area contributed by atoms with Crippen LogP contribution in [0.4, 0.5) is 0 Å². The van der Waals surface area contributed by atoms with Gasteiger partial charge < -0.3 is 10.2 Å². The van der Waals surface area contributed by atoms with Gasteiger partial charge in [-0.05, 0) is 22.6 Å². The molecule has 2 aromatic rings. The Hall–Kier alpha value is -1.11. The summed E-state index contributed by atoms with van der Waals surface area (Å²) >= 11 is 2.11. The van der Waals surface area contributed by atoms with Crippen LogP contribution in [0.1, 0.15) is 0 Å². The number of rotatable bonds is 0. The van der Waals surface area contributed by atoms with Crippen LogP contribution in [0.25, 0.3) is 10.8 Å². The molecular weight excluding hydrogens is 283 g/mol. The number of aromatic nitrogens is 2. The van der Waals surface area contributed by atoms with E-state index in [1.165, 1.54) is 12.4 Å². The van der Waals surface area contributed by atoms with E-state index in [1.54, 1.807) is 12.3 Å². The summed E-state index contributed by atoms with van der Waals surface area (Å²) in [4.78, 5) is 13.8. The van der Waals surface area contributed by atoms with Gasteiger partial charge in [0.2, 0.25) is 0 Å². The molecule has 0 saturated heterocycles. The first kappa shape index (κ1) is 8.49. The molecule has 0 atom stereocenters. The highest BCUT2D eigenvalue weighted by atomic mass is 127. The van der Waals surface area contributed by atoms with Crippen molar-refractivity contribution in [3.63, 3.8) is 0 Å². The average Bonchev–Trinajstić information content (AvgIpc) is 2.12. The molecule has 0 aliphatic heterocycles. The molecule has 0 bridgehead atoms. The van der Waals surface area contributed by atoms with Crippen molar-refractivity contribution in [3.05, 3.63) is 43.8 Å². The molecule has 0 spiro atoms. The van der Waals surface area contributed by atoms with Crippen LogP contribution in [0.3, 0.4) is 0 Å². The number of nitrogens with zero attached hydrogens (tertiary/aromatic N) is 1. The lowest BCUT2D eigenvalue weighted by Gasteiger charge is -1.99. The Morgan fingerprint density at radius 1 is 1.46 bits per heavy atom. The first-order chi connectivity index (χ1) is 6.18. The Morgan fingerprint density at radius 2 is 2.23 bits per heavy atom. The molecule has 0 unspecified atom stereocenters. The van der Waals surface area contributed by atoms with E-state index >= 15 is 0 Å². The van der Waals surface area contributed by atoms with Gasteiger partial charge in [0.25, 0.3) is 5.56 Å². The normalized spacial score (nSPS) is 10.5. The van der Waals surface area contributed by atoms with Crippen molar-refractivity contribution < 1.29 is 4.73 Å². The third-order valence-corrected chi connectivity index (χ3v) is 2.66. The summed E-state index contributed by atoms with van der Waals surface area (Å²) in [6.07, 6.45) is 4.28. The summed E-state index contributed by atoms with van der Waals surface area (Å²) in [5, 5.41) is 12.1. The Kier molecular flexibility index (Phi) is 1.95. The third-order valence-electron chi connectivity index (χ3n) is 1.77.